The van der Waals surface area contributed by atoms with Crippen LogP contribution in [0.25, 0.3) is 0 Å². The van der Waals surface area contributed by atoms with Crippen LogP contribution in [0.2, 0.25) is 0 Å². The van der Waals surface area contributed by atoms with E-state index in [9.17, 15) is 9.59 Å². The molecule has 2 aromatic rings. The van der Waals surface area contributed by atoms with E-state index in [-0.39, 0.29) is 23.8 Å². The molecule has 6 nitrogen and oxygen atoms in total. The minimum absolute atomic E-state index is 0.188. The van der Waals surface area contributed by atoms with Crippen molar-refractivity contribution in [3.63, 3.8) is 0 Å². The molecule has 0 bridgehead atoms. The van der Waals surface area contributed by atoms with Crippen molar-refractivity contribution in [1.29, 1.82) is 0 Å². The molecule has 8 heteroatoms. The van der Waals surface area contributed by atoms with E-state index < -0.39 is 0 Å². The number of carbonyl (C=O) groups excluding carboxylic acids is 2. The average molecular weight is 533 g/mol. The number of benzene rings is 2. The largest absolute Gasteiger partial charge is 0.426 e. The van der Waals surface area contributed by atoms with Gasteiger partial charge in [-0.15, -0.1) is 23.5 Å². The van der Waals surface area contributed by atoms with Crippen LogP contribution in [0.3, 0.4) is 0 Å². The number of esters is 2. The van der Waals surface area contributed by atoms with E-state index in [4.69, 9.17) is 18.9 Å². The van der Waals surface area contributed by atoms with Crippen LogP contribution in [0.5, 0.6) is 11.5 Å². The van der Waals surface area contributed by atoms with E-state index in [1.807, 2.05) is 48.5 Å². The van der Waals surface area contributed by atoms with Crippen LogP contribution in [-0.4, -0.2) is 50.9 Å². The van der Waals surface area contributed by atoms with Gasteiger partial charge in [0, 0.05) is 48.7 Å². The first kappa shape index (κ1) is 28.6. The Bertz CT molecular complexity index is 847. The Kier molecular flexibility index (Phi) is 12.7. The van der Waals surface area contributed by atoms with Gasteiger partial charge in [-0.05, 0) is 87.1 Å². The lowest BCUT2D eigenvalue weighted by molar-refractivity contribution is -0.145. The molecule has 36 heavy (non-hydrogen) atoms. The number of carbonyl (C=O) groups is 2. The van der Waals surface area contributed by atoms with Gasteiger partial charge in [0.25, 0.3) is 0 Å². The summed E-state index contributed by atoms with van der Waals surface area (Å²) in [6, 6.07) is 15.2. The maximum atomic E-state index is 12.6. The Balaban J connectivity index is 1.37. The van der Waals surface area contributed by atoms with Crippen molar-refractivity contribution in [3.8, 4) is 11.5 Å². The first-order chi connectivity index (χ1) is 17.6. The Morgan fingerprint density at radius 2 is 1.03 bits per heavy atom. The van der Waals surface area contributed by atoms with Crippen LogP contribution in [0.4, 0.5) is 0 Å². The first-order valence-electron chi connectivity index (χ1n) is 12.5. The van der Waals surface area contributed by atoms with Crippen molar-refractivity contribution in [1.82, 2.24) is 0 Å². The summed E-state index contributed by atoms with van der Waals surface area (Å²) in [5.41, 5.74) is 0. The third-order valence-electron chi connectivity index (χ3n) is 6.00. The second-order valence-electron chi connectivity index (χ2n) is 8.72. The Morgan fingerprint density at radius 3 is 1.36 bits per heavy atom. The molecule has 0 aliphatic heterocycles. The number of ether oxygens (including phenoxy) is 4. The second-order valence-corrected chi connectivity index (χ2v) is 11.1. The molecule has 0 radical (unpaired) electrons. The fourth-order valence-corrected chi connectivity index (χ4v) is 5.61. The summed E-state index contributed by atoms with van der Waals surface area (Å²) in [4.78, 5) is 27.6. The van der Waals surface area contributed by atoms with Crippen molar-refractivity contribution < 1.29 is 28.5 Å². The zero-order valence-electron chi connectivity index (χ0n) is 21.1. The zero-order valence-corrected chi connectivity index (χ0v) is 22.7. The van der Waals surface area contributed by atoms with Gasteiger partial charge in [0.2, 0.25) is 0 Å². The molecule has 0 saturated heterocycles. The van der Waals surface area contributed by atoms with Gasteiger partial charge in [0.1, 0.15) is 11.5 Å². The lowest BCUT2D eigenvalue weighted by Gasteiger charge is -2.25. The van der Waals surface area contributed by atoms with Crippen LogP contribution in [-0.2, 0) is 19.1 Å². The van der Waals surface area contributed by atoms with Gasteiger partial charge in [0.05, 0.1) is 11.8 Å². The summed E-state index contributed by atoms with van der Waals surface area (Å²) >= 11 is 3.51. The quantitative estimate of drug-likeness (QED) is 0.122. The molecular weight excluding hydrogens is 496 g/mol. The molecule has 1 aliphatic carbocycles. The van der Waals surface area contributed by atoms with Gasteiger partial charge in [-0.25, -0.2) is 0 Å². The van der Waals surface area contributed by atoms with Gasteiger partial charge in [-0.1, -0.05) is 0 Å². The molecule has 3 rings (SSSR count). The highest BCUT2D eigenvalue weighted by molar-refractivity contribution is 7.99. The number of hydrogen-bond donors (Lipinski definition) is 0. The fraction of sp³-hybridized carbons (Fsp3) is 0.500. The normalized spacial score (nSPS) is 17.5. The second kappa shape index (κ2) is 16.0. The van der Waals surface area contributed by atoms with Crippen LogP contribution >= 0.6 is 23.5 Å². The third-order valence-corrected chi connectivity index (χ3v) is 8.20. The average Bonchev–Trinajstić information content (AvgIpc) is 2.91. The maximum Gasteiger partial charge on any atom is 0.314 e. The summed E-state index contributed by atoms with van der Waals surface area (Å²) in [7, 11) is 3.41. The van der Waals surface area contributed by atoms with Crippen molar-refractivity contribution >= 4 is 35.5 Å². The summed E-state index contributed by atoms with van der Waals surface area (Å²) in [5.74, 6) is 2.27. The van der Waals surface area contributed by atoms with Crippen molar-refractivity contribution in [2.24, 2.45) is 11.8 Å². The molecule has 0 aromatic heterocycles. The van der Waals surface area contributed by atoms with Crippen LogP contribution in [0.1, 0.15) is 38.5 Å². The Labute approximate surface area is 222 Å². The molecule has 0 unspecified atom stereocenters. The van der Waals surface area contributed by atoms with Gasteiger partial charge < -0.3 is 18.9 Å². The molecule has 1 aliphatic rings. The highest BCUT2D eigenvalue weighted by atomic mass is 32.2. The first-order valence-corrected chi connectivity index (χ1v) is 14.4. The summed E-state index contributed by atoms with van der Waals surface area (Å²) in [5, 5.41) is 0. The predicted octanol–water partition coefficient (Wildman–Crippen LogP) is 6.26. The lowest BCUT2D eigenvalue weighted by Crippen LogP contribution is -2.30. The molecule has 0 N–H and O–H groups in total. The molecule has 196 valence electrons. The van der Waals surface area contributed by atoms with E-state index in [0.29, 0.717) is 37.2 Å². The summed E-state index contributed by atoms with van der Waals surface area (Å²) < 4.78 is 21.3. The van der Waals surface area contributed by atoms with Crippen LogP contribution in [0.15, 0.2) is 58.3 Å². The minimum Gasteiger partial charge on any atom is -0.426 e. The van der Waals surface area contributed by atoms with Gasteiger partial charge >= 0.3 is 11.9 Å². The SMILES string of the molecule is COCCCSc1ccc(OC(=O)C2CCC(C(=O)Oc3ccc(SCCCOC)cc3)CC2)cc1. The number of thioether (sulfide) groups is 2. The zero-order chi connectivity index (χ0) is 25.6. The molecule has 2 aromatic carbocycles. The Morgan fingerprint density at radius 1 is 0.667 bits per heavy atom. The van der Waals surface area contributed by atoms with Crippen molar-refractivity contribution in [3.05, 3.63) is 48.5 Å². The standard InChI is InChI=1S/C28H36O6S2/c1-31-17-3-19-35-25-13-9-23(10-14-25)33-27(29)21-5-7-22(8-6-21)28(30)34-24-11-15-26(16-12-24)36-20-4-18-32-2/h9-16,21-22H,3-8,17-20H2,1-2H3. The van der Waals surface area contributed by atoms with Crippen molar-refractivity contribution in [2.45, 2.75) is 48.3 Å². The molecule has 0 spiro atoms. The van der Waals surface area contributed by atoms with E-state index in [0.717, 1.165) is 47.4 Å². The molecule has 1 fully saturated rings. The highest BCUT2D eigenvalue weighted by Gasteiger charge is 2.32. The number of hydrogen-bond acceptors (Lipinski definition) is 8. The monoisotopic (exact) mass is 532 g/mol. The molecule has 0 amide bonds. The number of rotatable bonds is 14. The van der Waals surface area contributed by atoms with E-state index >= 15 is 0 Å². The molecule has 1 saturated carbocycles. The van der Waals surface area contributed by atoms with Gasteiger partial charge in [0.15, 0.2) is 0 Å². The summed E-state index contributed by atoms with van der Waals surface area (Å²) in [6.45, 7) is 1.51. The van der Waals surface area contributed by atoms with E-state index in [2.05, 4.69) is 0 Å². The molecule has 0 atom stereocenters. The topological polar surface area (TPSA) is 71.1 Å². The van der Waals surface area contributed by atoms with Crippen LogP contribution < -0.4 is 9.47 Å². The highest BCUT2D eigenvalue weighted by Crippen LogP contribution is 2.32. The van der Waals surface area contributed by atoms with E-state index in [1.54, 1.807) is 37.7 Å². The minimum atomic E-state index is -0.221. The maximum absolute atomic E-state index is 12.6. The van der Waals surface area contributed by atoms with Crippen molar-refractivity contribution in [2.75, 3.05) is 38.9 Å². The third kappa shape index (κ3) is 9.81. The van der Waals surface area contributed by atoms with Gasteiger partial charge in [-0.2, -0.15) is 0 Å². The predicted molar refractivity (Wildman–Crippen MR) is 144 cm³/mol. The summed E-state index contributed by atoms with van der Waals surface area (Å²) in [6.07, 6.45) is 4.50. The van der Waals surface area contributed by atoms with Gasteiger partial charge in [-0.3, -0.25) is 9.59 Å². The van der Waals surface area contributed by atoms with E-state index in [1.165, 1.54) is 0 Å². The molecule has 0 heterocycles. The Hall–Kier alpha value is -2.00. The number of methoxy groups -OCH3 is 2. The smallest absolute Gasteiger partial charge is 0.314 e. The van der Waals surface area contributed by atoms with Crippen LogP contribution in [0, 0.1) is 11.8 Å². The fourth-order valence-electron chi connectivity index (χ4n) is 3.96. The molecular formula is C28H36O6S2. The lowest BCUT2D eigenvalue weighted by atomic mass is 9.82.